The molecule has 13 amide bonds. The van der Waals surface area contributed by atoms with Gasteiger partial charge in [-0.3, -0.25) is 62.3 Å². The lowest BCUT2D eigenvalue weighted by atomic mass is 10.00. The number of unbranched alkanes of at least 4 members (excludes halogenated alkanes) is 2. The maximum Gasteiger partial charge on any atom is 0.319 e. The molecule has 1 aromatic rings. The summed E-state index contributed by atoms with van der Waals surface area (Å²) in [7, 11) is 0. The van der Waals surface area contributed by atoms with Gasteiger partial charge in [0.15, 0.2) is 47.2 Å². The number of rotatable bonds is 51. The minimum Gasteiger partial charge on any atom is -0.382 e. The van der Waals surface area contributed by atoms with Crippen molar-refractivity contribution in [1.29, 1.82) is 0 Å². The highest BCUT2D eigenvalue weighted by molar-refractivity contribution is 6.36. The number of hydrogen-bond donors (Lipinski definition) is 19. The SMILES string of the molecule is C.C.CC(C)CC(=O)C(=O)NC(C)C.CC(C)CC(=O)CCC(=O)NC(C)C.CC(C)CC(=O)CCCCCNC(=O)NC(C)C.CC(C)CC(=O)COCC(=O)CC(C)C.CC(C)CC(=O)[C@@H](O)[C@H](O)C(=O)NC(C)C.CC(C)CC(=O)[C@H](O)[C@@H](O)C(=O)NC(C)C.CC(C)CC(=O)[C@H](O)[C@H](O)C(=O)NC(C)C.CC(C)NC(=O)NC(C)C.CC(C)NC(=O)Nc1ccc(NC(=O)NC(C)C)cc1. The molecule has 1 rings (SSSR count). The van der Waals surface area contributed by atoms with Crippen LogP contribution in [-0.4, -0.2) is 247 Å². The molecule has 37 nitrogen and oxygen atoms in total. The number of benzene rings is 1. The minimum absolute atomic E-state index is 0. The van der Waals surface area contributed by atoms with Crippen LogP contribution in [0.3, 0.4) is 0 Å². The highest BCUT2D eigenvalue weighted by atomic mass is 16.5. The summed E-state index contributed by atoms with van der Waals surface area (Å²) in [5.41, 5.74) is 1.33. The predicted molar refractivity (Wildman–Crippen MR) is 555 cm³/mol. The zero-order valence-corrected chi connectivity index (χ0v) is 90.2. The Hall–Kier alpha value is -9.27. The van der Waals surface area contributed by atoms with E-state index in [1.165, 1.54) is 0 Å². The van der Waals surface area contributed by atoms with E-state index in [1.54, 1.807) is 65.8 Å². The molecular formula is C102H197N13O24. The number of ether oxygens (including phenoxy) is 1. The molecule has 6 atom stereocenters. The second kappa shape index (κ2) is 87.7. The van der Waals surface area contributed by atoms with E-state index in [2.05, 4.69) is 83.0 Å². The summed E-state index contributed by atoms with van der Waals surface area (Å²) < 4.78 is 5.06. The van der Waals surface area contributed by atoms with Gasteiger partial charge in [0.2, 0.25) is 11.7 Å². The molecular weight excluding hydrogens is 1790 g/mol. The highest BCUT2D eigenvalue weighted by Gasteiger charge is 2.33. The van der Waals surface area contributed by atoms with Crippen molar-refractivity contribution >= 4 is 111 Å². The van der Waals surface area contributed by atoms with Gasteiger partial charge in [-0.2, -0.15) is 0 Å². The highest BCUT2D eigenvalue weighted by Crippen LogP contribution is 2.16. The van der Waals surface area contributed by atoms with E-state index in [4.69, 9.17) is 4.74 Å². The van der Waals surface area contributed by atoms with E-state index in [-0.39, 0.29) is 185 Å². The van der Waals surface area contributed by atoms with Gasteiger partial charge < -0.3 is 104 Å². The molecule has 0 aliphatic heterocycles. The lowest BCUT2D eigenvalue weighted by Crippen LogP contribution is -2.47. The molecule has 0 saturated carbocycles. The fraction of sp³-hybridized carbons (Fsp3) is 0.775. The molecule has 814 valence electrons. The van der Waals surface area contributed by atoms with Gasteiger partial charge in [0.1, 0.15) is 43.1 Å². The fourth-order valence-electron chi connectivity index (χ4n) is 10.7. The number of nitrogens with one attached hydrogen (secondary N) is 13. The van der Waals surface area contributed by atoms with Gasteiger partial charge in [-0.15, -0.1) is 0 Å². The van der Waals surface area contributed by atoms with E-state index >= 15 is 0 Å². The Bertz CT molecular complexity index is 3220. The third kappa shape index (κ3) is 104. The van der Waals surface area contributed by atoms with Crippen molar-refractivity contribution in [2.45, 2.75) is 451 Å². The molecule has 19 N–H and O–H groups in total. The molecule has 0 aliphatic rings. The summed E-state index contributed by atoms with van der Waals surface area (Å²) >= 11 is 0. The lowest BCUT2D eigenvalue weighted by Gasteiger charge is -2.18. The van der Waals surface area contributed by atoms with E-state index in [9.17, 15) is 112 Å². The number of carbonyl (C=O) groups excluding carboxylic acids is 17. The van der Waals surface area contributed by atoms with Gasteiger partial charge in [0, 0.05) is 149 Å². The largest absolute Gasteiger partial charge is 0.382 e. The standard InChI is InChI=1S/C14H22N4O2.C14H28N2O2.C12H22O3.3C11H21NO4.C11H21NO2.C9H17NO2.C7H16N2O.2CH4/c1-9(2)15-13(19)17-11-5-7-12(8-6-11)18-14(20)16-10(3)4;1-11(2)10-13(17)8-6-5-7-9-15-14(18)16-12(3)4;1-9(2)5-11(13)7-15-8-12(14)6-10(3)4;3*1-6(2)5-8(13)9(14)10(15)11(16)12-7(3)4;1-8(2)7-10(13)5-6-11(14)12-9(3)4;1-6(2)5-8(11)9(12)10-7(3)4;1-5(2)8-7(10)9-6(3)4;;/h5-10H,1-4H3,(H2,15,17,19)(H2,16,18,20);11-12H,5-10H2,1-4H3,(H2,15,16,18);9-10H,5-8H2,1-4H3;3*6-7,9-10,14-15H,5H2,1-4H3,(H,12,16);8-9H,5-7H2,1-4H3,(H,12,14);6-7H,5H2,1-4H3,(H,10,12);5-6H,1-4H3,(H2,8,9,10);2*1H4/t;;;2*9-,10+;9-,10-;;;;;/m...100...../s1. The Labute approximate surface area is 835 Å². The second-order valence-corrected chi connectivity index (χ2v) is 40.1. The second-order valence-electron chi connectivity index (χ2n) is 40.1. The van der Waals surface area contributed by atoms with E-state index in [1.807, 2.05) is 194 Å². The number of anilines is 2. The van der Waals surface area contributed by atoms with Gasteiger partial charge in [-0.05, 0) is 223 Å². The normalized spacial score (nSPS) is 12.0. The first kappa shape index (κ1) is 150. The average molecular weight is 1990 g/mol. The molecule has 0 aliphatic carbocycles. The van der Waals surface area contributed by atoms with Crippen molar-refractivity contribution < 1.29 is 117 Å². The zero-order valence-electron chi connectivity index (χ0n) is 90.2. The number of aliphatic hydroxyl groups excluding tert-OH is 6. The summed E-state index contributed by atoms with van der Waals surface area (Å²) in [5.74, 6) is -1.78. The summed E-state index contributed by atoms with van der Waals surface area (Å²) in [6.45, 7) is 68.7. The van der Waals surface area contributed by atoms with Crippen molar-refractivity contribution in [3.8, 4) is 0 Å². The molecule has 37 heteroatoms. The number of aliphatic hydroxyl groups is 6. The quantitative estimate of drug-likeness (QED) is 0.0213. The van der Waals surface area contributed by atoms with Crippen LogP contribution in [0.1, 0.15) is 354 Å². The molecule has 0 unspecified atom stereocenters. The Morgan fingerprint density at radius 3 is 0.755 bits per heavy atom. The smallest absolute Gasteiger partial charge is 0.319 e. The molecule has 139 heavy (non-hydrogen) atoms. The Morgan fingerprint density at radius 1 is 0.252 bits per heavy atom. The van der Waals surface area contributed by atoms with E-state index in [0.29, 0.717) is 98.7 Å². The van der Waals surface area contributed by atoms with Crippen LogP contribution in [0.15, 0.2) is 24.3 Å². The number of ketones is 8. The van der Waals surface area contributed by atoms with Gasteiger partial charge >= 0.3 is 24.1 Å². The first-order valence-corrected chi connectivity index (χ1v) is 48.5. The third-order valence-electron chi connectivity index (χ3n) is 16.1. The maximum absolute atomic E-state index is 11.5. The van der Waals surface area contributed by atoms with Crippen LogP contribution in [0.5, 0.6) is 0 Å². The Balaban J connectivity index is -0.000000169. The fourth-order valence-corrected chi connectivity index (χ4v) is 10.7. The summed E-state index contributed by atoms with van der Waals surface area (Å²) in [5, 5.41) is 91.2. The Morgan fingerprint density at radius 2 is 0.496 bits per heavy atom. The van der Waals surface area contributed by atoms with Gasteiger partial charge in [0.05, 0.1) is 0 Å². The Kier molecular flexibility index (Phi) is 94.6. The summed E-state index contributed by atoms with van der Waals surface area (Å²) in [6, 6.07) is 6.70. The van der Waals surface area contributed by atoms with Crippen molar-refractivity contribution in [3.05, 3.63) is 24.3 Å². The van der Waals surface area contributed by atoms with Crippen molar-refractivity contribution in [3.63, 3.8) is 0 Å². The van der Waals surface area contributed by atoms with Crippen LogP contribution in [0.4, 0.5) is 30.6 Å². The van der Waals surface area contributed by atoms with Crippen molar-refractivity contribution in [2.24, 2.45) is 47.3 Å². The molecule has 0 fully saturated rings. The first-order valence-electron chi connectivity index (χ1n) is 48.5. The van der Waals surface area contributed by atoms with Gasteiger partial charge in [-0.1, -0.05) is 132 Å². The van der Waals surface area contributed by atoms with Crippen molar-refractivity contribution in [1.82, 2.24) is 58.5 Å². The van der Waals surface area contributed by atoms with E-state index in [0.717, 1.165) is 19.3 Å². The summed E-state index contributed by atoms with van der Waals surface area (Å²) in [6.07, 6.45) is -2.66. The van der Waals surface area contributed by atoms with Crippen LogP contribution in [-0.2, 0) is 67.1 Å². The first-order chi connectivity index (χ1) is 62.8. The van der Waals surface area contributed by atoms with Crippen LogP contribution in [0.25, 0.3) is 0 Å². The third-order valence-corrected chi connectivity index (χ3v) is 16.1. The average Bonchev–Trinajstić information content (AvgIpc) is 0.895. The molecule has 0 aromatic heterocycles. The number of hydrogen-bond acceptors (Lipinski definition) is 24. The van der Waals surface area contributed by atoms with Crippen LogP contribution in [0, 0.1) is 47.3 Å². The predicted octanol–water partition coefficient (Wildman–Crippen LogP) is 12.8. The lowest BCUT2D eigenvalue weighted by molar-refractivity contribution is -0.145. The number of Topliss-reactive ketones (excluding diaryl/α,β-unsaturated/α-hetero) is 8. The van der Waals surface area contributed by atoms with Crippen molar-refractivity contribution in [2.75, 3.05) is 30.4 Å². The number of amides is 13. The van der Waals surface area contributed by atoms with Gasteiger partial charge in [0.25, 0.3) is 23.6 Å². The van der Waals surface area contributed by atoms with Gasteiger partial charge in [-0.25, -0.2) is 19.2 Å². The van der Waals surface area contributed by atoms with E-state index < -0.39 is 77.6 Å². The summed E-state index contributed by atoms with van der Waals surface area (Å²) in [4.78, 5) is 192. The maximum atomic E-state index is 11.5. The molecule has 0 bridgehead atoms. The molecule has 0 heterocycles. The number of urea groups is 4. The number of carbonyl (C=O) groups is 17. The van der Waals surface area contributed by atoms with Crippen LogP contribution < -0.4 is 69.1 Å². The van der Waals surface area contributed by atoms with Crippen LogP contribution >= 0.6 is 0 Å². The molecule has 0 spiro atoms. The topological polar surface area (TPSA) is 577 Å². The molecule has 1 aromatic carbocycles. The zero-order chi connectivity index (χ0) is 109. The van der Waals surface area contributed by atoms with Crippen LogP contribution in [0.2, 0.25) is 0 Å². The molecule has 0 radical (unpaired) electrons. The minimum atomic E-state index is -1.69. The molecule has 0 saturated heterocycles. The monoisotopic (exact) mass is 1990 g/mol.